The molecule has 8 rings (SSSR count). The van der Waals surface area contributed by atoms with Gasteiger partial charge in [-0.25, -0.2) is 4.98 Å². The van der Waals surface area contributed by atoms with Crippen molar-refractivity contribution >= 4 is 64.2 Å². The largest absolute Gasteiger partial charge is 0.371 e. The lowest BCUT2D eigenvalue weighted by Gasteiger charge is -2.36. The third kappa shape index (κ3) is 6.60. The summed E-state index contributed by atoms with van der Waals surface area (Å²) in [6, 6.07) is 14.1. The maximum Gasteiger partial charge on any atom is 0.262 e. The first-order valence-corrected chi connectivity index (χ1v) is 19.4. The van der Waals surface area contributed by atoms with Crippen molar-refractivity contribution in [2.45, 2.75) is 50.5 Å². The van der Waals surface area contributed by atoms with Gasteiger partial charge in [0.25, 0.3) is 11.8 Å². The summed E-state index contributed by atoms with van der Waals surface area (Å²) in [7, 11) is 0. The minimum atomic E-state index is -1.01. The van der Waals surface area contributed by atoms with E-state index in [1.165, 1.54) is 0 Å². The standard InChI is InChI=1S/C40H43ClN8O6/c1-2-40(23-44-35-34(40)30(41)10-13-42-35)25-4-3-5-27(20-25)48-19-18-46(22-33(48)51)17-14-43-36(52)24-11-15-47(16-12-24)26-6-7-28-29(21-26)39(55)49(38(28)54)31-8-9-32(50)45-37(31)53/h3-7,10,13,20-21,24,31H,2,8-9,11-12,14-19,22-23H2,1H3,(H,42,44)(H,43,52)(H,45,50,53). The van der Waals surface area contributed by atoms with Crippen molar-refractivity contribution in [1.29, 1.82) is 0 Å². The highest BCUT2D eigenvalue weighted by atomic mass is 35.5. The number of nitrogens with zero attached hydrogens (tertiary/aromatic N) is 5. The van der Waals surface area contributed by atoms with Crippen LogP contribution in [0.5, 0.6) is 0 Å². The van der Waals surface area contributed by atoms with Crippen molar-refractivity contribution in [3.05, 3.63) is 82.0 Å². The van der Waals surface area contributed by atoms with Crippen LogP contribution in [0.2, 0.25) is 5.02 Å². The molecule has 5 aliphatic heterocycles. The van der Waals surface area contributed by atoms with Gasteiger partial charge in [0.2, 0.25) is 23.6 Å². The molecule has 55 heavy (non-hydrogen) atoms. The third-order valence-electron chi connectivity index (χ3n) is 11.9. The van der Waals surface area contributed by atoms with Crippen LogP contribution >= 0.6 is 11.6 Å². The van der Waals surface area contributed by atoms with Crippen LogP contribution in [-0.2, 0) is 24.6 Å². The molecule has 0 radical (unpaired) electrons. The van der Waals surface area contributed by atoms with E-state index < -0.39 is 29.7 Å². The van der Waals surface area contributed by atoms with Gasteiger partial charge in [0.05, 0.1) is 17.7 Å². The zero-order valence-corrected chi connectivity index (χ0v) is 31.4. The molecule has 0 bridgehead atoms. The Balaban J connectivity index is 0.810. The van der Waals surface area contributed by atoms with E-state index in [-0.39, 0.29) is 53.7 Å². The fourth-order valence-corrected chi connectivity index (χ4v) is 9.12. The van der Waals surface area contributed by atoms with E-state index in [1.807, 2.05) is 23.1 Å². The summed E-state index contributed by atoms with van der Waals surface area (Å²) in [6.45, 7) is 6.51. The van der Waals surface area contributed by atoms with Crippen molar-refractivity contribution in [3.63, 3.8) is 0 Å². The third-order valence-corrected chi connectivity index (χ3v) is 12.2. The van der Waals surface area contributed by atoms with E-state index in [2.05, 4.69) is 49.8 Å². The Kier molecular flexibility index (Phi) is 9.80. The molecular formula is C40H43ClN8O6. The van der Waals surface area contributed by atoms with Crippen molar-refractivity contribution < 1.29 is 28.8 Å². The summed E-state index contributed by atoms with van der Waals surface area (Å²) in [6.07, 6.45) is 3.94. The fraction of sp³-hybridized carbons (Fsp3) is 0.425. The Bertz CT molecular complexity index is 2100. The molecule has 3 N–H and O–H groups in total. The van der Waals surface area contributed by atoms with Crippen molar-refractivity contribution in [2.75, 3.05) is 67.5 Å². The molecule has 6 amide bonds. The molecular weight excluding hydrogens is 724 g/mol. The number of piperidine rings is 2. The topological polar surface area (TPSA) is 164 Å². The van der Waals surface area contributed by atoms with E-state index in [0.717, 1.165) is 39.6 Å². The molecule has 2 atom stereocenters. The minimum absolute atomic E-state index is 0.0126. The molecule has 2 aromatic carbocycles. The Labute approximate surface area is 323 Å². The predicted octanol–water partition coefficient (Wildman–Crippen LogP) is 2.94. The lowest BCUT2D eigenvalue weighted by atomic mass is 9.74. The van der Waals surface area contributed by atoms with E-state index in [4.69, 9.17) is 11.6 Å². The molecule has 3 fully saturated rings. The van der Waals surface area contributed by atoms with Crippen LogP contribution in [-0.4, -0.2) is 109 Å². The van der Waals surface area contributed by atoms with E-state index >= 15 is 0 Å². The van der Waals surface area contributed by atoms with E-state index in [9.17, 15) is 28.8 Å². The minimum Gasteiger partial charge on any atom is -0.371 e. The molecule has 3 aromatic rings. The summed E-state index contributed by atoms with van der Waals surface area (Å²) < 4.78 is 0. The van der Waals surface area contributed by atoms with Crippen LogP contribution in [0, 0.1) is 5.92 Å². The summed E-state index contributed by atoms with van der Waals surface area (Å²) in [4.78, 5) is 88.4. The van der Waals surface area contributed by atoms with Crippen LogP contribution in [0.25, 0.3) is 0 Å². The number of benzene rings is 2. The number of imide groups is 2. The zero-order valence-electron chi connectivity index (χ0n) is 30.6. The number of nitrogens with one attached hydrogen (secondary N) is 3. The van der Waals surface area contributed by atoms with Gasteiger partial charge >= 0.3 is 0 Å². The molecule has 14 nitrogen and oxygen atoms in total. The number of carbonyl (C=O) groups excluding carboxylic acids is 6. The molecule has 0 spiro atoms. The zero-order chi connectivity index (χ0) is 38.4. The van der Waals surface area contributed by atoms with E-state index in [1.54, 1.807) is 24.4 Å². The monoisotopic (exact) mass is 766 g/mol. The molecule has 0 saturated carbocycles. The van der Waals surface area contributed by atoms with Crippen LogP contribution in [0.4, 0.5) is 17.2 Å². The Hall–Kier alpha value is -5.34. The maximum atomic E-state index is 13.4. The normalized spacial score (nSPS) is 23.1. The van der Waals surface area contributed by atoms with Gasteiger partial charge in [0.15, 0.2) is 0 Å². The number of hydrogen-bond acceptors (Lipinski definition) is 10. The highest BCUT2D eigenvalue weighted by molar-refractivity contribution is 6.32. The van der Waals surface area contributed by atoms with Crippen LogP contribution in [0.15, 0.2) is 54.7 Å². The second kappa shape index (κ2) is 14.7. The number of carbonyl (C=O) groups is 6. The number of fused-ring (bicyclic) bond motifs is 2. The maximum absolute atomic E-state index is 13.4. The van der Waals surface area contributed by atoms with Gasteiger partial charge < -0.3 is 20.4 Å². The van der Waals surface area contributed by atoms with Crippen LogP contribution < -0.4 is 25.8 Å². The highest BCUT2D eigenvalue weighted by Gasteiger charge is 2.45. The molecule has 0 aliphatic carbocycles. The Morgan fingerprint density at radius 1 is 0.945 bits per heavy atom. The Morgan fingerprint density at radius 3 is 2.51 bits per heavy atom. The van der Waals surface area contributed by atoms with Crippen molar-refractivity contribution in [1.82, 2.24) is 25.4 Å². The molecule has 1 aromatic heterocycles. The molecule has 15 heteroatoms. The lowest BCUT2D eigenvalue weighted by Crippen LogP contribution is -2.54. The average molecular weight is 767 g/mol. The predicted molar refractivity (Wildman–Crippen MR) is 205 cm³/mol. The number of piperazine rings is 1. The number of aromatic nitrogens is 1. The summed E-state index contributed by atoms with van der Waals surface area (Å²) in [5.74, 6) is -1.50. The van der Waals surface area contributed by atoms with Gasteiger partial charge in [0, 0.05) is 91.7 Å². The highest BCUT2D eigenvalue weighted by Crippen LogP contribution is 2.47. The number of amides is 6. The van der Waals surface area contributed by atoms with Crippen LogP contribution in [0.1, 0.15) is 70.9 Å². The second-order valence-electron chi connectivity index (χ2n) is 14.9. The van der Waals surface area contributed by atoms with Crippen molar-refractivity contribution in [3.8, 4) is 0 Å². The van der Waals surface area contributed by atoms with Gasteiger partial charge in [-0.15, -0.1) is 0 Å². The molecule has 286 valence electrons. The smallest absolute Gasteiger partial charge is 0.262 e. The Morgan fingerprint density at radius 2 is 1.75 bits per heavy atom. The summed E-state index contributed by atoms with van der Waals surface area (Å²) in [5, 5.41) is 9.39. The van der Waals surface area contributed by atoms with Crippen molar-refractivity contribution in [2.24, 2.45) is 5.92 Å². The summed E-state index contributed by atoms with van der Waals surface area (Å²) in [5.41, 5.74) is 3.85. The van der Waals surface area contributed by atoms with Gasteiger partial charge in [-0.3, -0.25) is 43.9 Å². The first-order chi connectivity index (χ1) is 26.6. The number of pyridine rings is 1. The number of anilines is 3. The summed E-state index contributed by atoms with van der Waals surface area (Å²) >= 11 is 6.68. The van der Waals surface area contributed by atoms with Crippen LogP contribution in [0.3, 0.4) is 0 Å². The fourth-order valence-electron chi connectivity index (χ4n) is 8.80. The first kappa shape index (κ1) is 36.6. The average Bonchev–Trinajstić information content (AvgIpc) is 3.70. The SMILES string of the molecule is CCC1(c2cccc(N3CCN(CCNC(=O)C4CCN(c5ccc6c(c5)C(=O)N(C5CCC(=O)NC5=O)C6=O)CC4)CC3=O)c2)CNc2nccc(Cl)c21. The number of halogens is 1. The van der Waals surface area contributed by atoms with Gasteiger partial charge in [-0.05, 0) is 67.6 Å². The molecule has 3 saturated heterocycles. The molecule has 2 unspecified atom stereocenters. The van der Waals surface area contributed by atoms with E-state index in [0.29, 0.717) is 63.7 Å². The van der Waals surface area contributed by atoms with Gasteiger partial charge in [-0.2, -0.15) is 0 Å². The first-order valence-electron chi connectivity index (χ1n) is 19.0. The van der Waals surface area contributed by atoms with Gasteiger partial charge in [0.1, 0.15) is 11.9 Å². The molecule has 6 heterocycles. The molecule has 5 aliphatic rings. The van der Waals surface area contributed by atoms with Gasteiger partial charge in [-0.1, -0.05) is 30.7 Å². The second-order valence-corrected chi connectivity index (χ2v) is 15.3. The quantitative estimate of drug-likeness (QED) is 0.276. The number of rotatable bonds is 9. The number of hydrogen-bond donors (Lipinski definition) is 3. The lowest BCUT2D eigenvalue weighted by molar-refractivity contribution is -0.136.